The number of fused-ring (bicyclic) bond motifs is 2. The summed E-state index contributed by atoms with van der Waals surface area (Å²) >= 11 is 0. The van der Waals surface area contributed by atoms with Crippen molar-refractivity contribution in [2.24, 2.45) is 17.6 Å². The zero-order chi connectivity index (χ0) is 31.7. The molecule has 5 aromatic rings. The molecule has 1 aliphatic carbocycles. The smallest absolute Gasteiger partial charge is 0.323 e. The van der Waals surface area contributed by atoms with Crippen LogP contribution in [-0.2, 0) is 16.0 Å². The molecule has 3 aromatic carbocycles. The Balaban J connectivity index is 1.21. The Kier molecular flexibility index (Phi) is 8.44. The fourth-order valence-corrected chi connectivity index (χ4v) is 6.24. The van der Waals surface area contributed by atoms with Crippen LogP contribution in [0.4, 0.5) is 5.69 Å². The summed E-state index contributed by atoms with van der Waals surface area (Å²) < 4.78 is 1.62. The number of carbonyl (C=O) groups excluding carboxylic acids is 2. The van der Waals surface area contributed by atoms with Crippen molar-refractivity contribution in [3.8, 4) is 11.1 Å². The molecule has 234 valence electrons. The van der Waals surface area contributed by atoms with Crippen LogP contribution in [0.15, 0.2) is 70.3 Å². The van der Waals surface area contributed by atoms with Gasteiger partial charge in [0, 0.05) is 24.1 Å². The van der Waals surface area contributed by atoms with Crippen LogP contribution < -0.4 is 27.6 Å². The number of anilines is 1. The number of nitrogens with two attached hydrogens (primary N) is 1. The van der Waals surface area contributed by atoms with Gasteiger partial charge >= 0.3 is 5.69 Å². The second-order valence-electron chi connectivity index (χ2n) is 12.4. The summed E-state index contributed by atoms with van der Waals surface area (Å²) in [4.78, 5) is 56.7. The Labute approximate surface area is 259 Å². The summed E-state index contributed by atoms with van der Waals surface area (Å²) in [5, 5.41) is 9.79. The minimum Gasteiger partial charge on any atom is -0.344 e. The normalized spacial score (nSPS) is 17.5. The molecular weight excluding hydrogens is 570 g/mol. The number of hydrogen-bond donors (Lipinski definition) is 6. The van der Waals surface area contributed by atoms with Crippen LogP contribution in [0.2, 0.25) is 0 Å². The van der Waals surface area contributed by atoms with E-state index >= 15 is 0 Å². The summed E-state index contributed by atoms with van der Waals surface area (Å²) in [6.07, 6.45) is 3.62. The number of H-pyrrole nitrogens is 3. The van der Waals surface area contributed by atoms with Crippen molar-refractivity contribution in [2.45, 2.75) is 58.0 Å². The Morgan fingerprint density at radius 1 is 0.889 bits per heavy atom. The highest BCUT2D eigenvalue weighted by atomic mass is 16.2. The third kappa shape index (κ3) is 6.48. The lowest BCUT2D eigenvalue weighted by molar-refractivity contribution is -0.130. The first-order valence-corrected chi connectivity index (χ1v) is 15.6. The monoisotopic (exact) mass is 609 g/mol. The molecular formula is C34H39N7O4. The number of benzene rings is 3. The quantitative estimate of drug-likeness (QED) is 0.147. The molecule has 0 spiro atoms. The molecule has 1 fully saturated rings. The highest BCUT2D eigenvalue weighted by Gasteiger charge is 2.29. The third-order valence-electron chi connectivity index (χ3n) is 8.92. The van der Waals surface area contributed by atoms with Gasteiger partial charge in [-0.05, 0) is 99.0 Å². The molecule has 2 amide bonds. The molecule has 0 saturated heterocycles. The maximum atomic E-state index is 13.6. The van der Waals surface area contributed by atoms with Crippen molar-refractivity contribution >= 4 is 39.4 Å². The molecule has 1 atom stereocenters. The fourth-order valence-electron chi connectivity index (χ4n) is 6.24. The van der Waals surface area contributed by atoms with Crippen LogP contribution in [-0.4, -0.2) is 44.1 Å². The van der Waals surface area contributed by atoms with Gasteiger partial charge < -0.3 is 26.3 Å². The fraction of sp³-hybridized carbons (Fsp3) is 0.353. The van der Waals surface area contributed by atoms with E-state index in [0.29, 0.717) is 41.0 Å². The second kappa shape index (κ2) is 12.6. The Bertz CT molecular complexity index is 1960. The van der Waals surface area contributed by atoms with Gasteiger partial charge in [-0.3, -0.25) is 19.5 Å². The predicted octanol–water partition coefficient (Wildman–Crippen LogP) is 4.18. The lowest BCUT2D eigenvalue weighted by Gasteiger charge is -2.28. The molecule has 11 nitrogen and oxygen atoms in total. The van der Waals surface area contributed by atoms with E-state index in [1.165, 1.54) is 0 Å². The molecule has 0 radical (unpaired) electrons. The summed E-state index contributed by atoms with van der Waals surface area (Å²) in [5.41, 5.74) is 10.8. The molecule has 45 heavy (non-hydrogen) atoms. The molecule has 1 saturated carbocycles. The van der Waals surface area contributed by atoms with Crippen molar-refractivity contribution in [3.63, 3.8) is 0 Å². The first-order valence-electron chi connectivity index (χ1n) is 15.6. The Morgan fingerprint density at radius 2 is 1.60 bits per heavy atom. The maximum Gasteiger partial charge on any atom is 0.323 e. The van der Waals surface area contributed by atoms with Crippen molar-refractivity contribution in [1.29, 1.82) is 0 Å². The van der Waals surface area contributed by atoms with E-state index in [2.05, 4.69) is 25.7 Å². The average Bonchev–Trinajstić information content (AvgIpc) is 3.58. The van der Waals surface area contributed by atoms with Gasteiger partial charge in [-0.15, -0.1) is 0 Å². The minimum absolute atomic E-state index is 0.0276. The molecule has 2 aromatic heterocycles. The third-order valence-corrected chi connectivity index (χ3v) is 8.92. The van der Waals surface area contributed by atoms with Gasteiger partial charge in [-0.1, -0.05) is 30.3 Å². The van der Waals surface area contributed by atoms with E-state index in [4.69, 9.17) is 5.73 Å². The largest absolute Gasteiger partial charge is 0.344 e. The zero-order valence-corrected chi connectivity index (χ0v) is 25.5. The molecule has 6 rings (SSSR count). The zero-order valence-electron chi connectivity index (χ0n) is 25.5. The Morgan fingerprint density at radius 3 is 2.31 bits per heavy atom. The highest BCUT2D eigenvalue weighted by molar-refractivity contribution is 5.98. The van der Waals surface area contributed by atoms with Gasteiger partial charge in [0.2, 0.25) is 11.8 Å². The second-order valence-corrected chi connectivity index (χ2v) is 12.4. The van der Waals surface area contributed by atoms with Crippen LogP contribution in [0.25, 0.3) is 33.1 Å². The molecule has 0 bridgehead atoms. The number of carbonyl (C=O) groups is 2. The van der Waals surface area contributed by atoms with Crippen molar-refractivity contribution in [1.82, 2.24) is 25.1 Å². The lowest BCUT2D eigenvalue weighted by atomic mass is 9.81. The van der Waals surface area contributed by atoms with Gasteiger partial charge in [0.05, 0.1) is 21.9 Å². The first kappa shape index (κ1) is 30.1. The van der Waals surface area contributed by atoms with E-state index in [-0.39, 0.29) is 35.0 Å². The van der Waals surface area contributed by atoms with Crippen LogP contribution in [0, 0.1) is 11.8 Å². The van der Waals surface area contributed by atoms with Gasteiger partial charge in [0.15, 0.2) is 0 Å². The summed E-state index contributed by atoms with van der Waals surface area (Å²) in [6.45, 7) is 4.55. The standard InChI is InChI=1S/C34H39N7O4/c1-19(2)41-33(44)26-13-11-24(16-28(26)40-41)22-7-3-20(4-8-22)15-30(37-31(42)23-9-5-21(18-35)6-10-23)32(43)36-25-12-14-27-29(17-25)39-34(45)38-27/h3-4,7-8,11-14,16-17,19,21,23,30,40H,5-6,9-10,15,18,35H2,1-2H3,(H,36,43)(H,37,42)(H2,38,39,45)/t21?,23?,30-/m0/s1. The molecule has 0 unspecified atom stereocenters. The number of nitrogens with one attached hydrogen (secondary N) is 5. The average molecular weight is 610 g/mol. The van der Waals surface area contributed by atoms with Crippen LogP contribution >= 0.6 is 0 Å². The number of nitrogens with zero attached hydrogens (tertiary/aromatic N) is 1. The summed E-state index contributed by atoms with van der Waals surface area (Å²) in [7, 11) is 0. The number of aromatic amines is 3. The highest BCUT2D eigenvalue weighted by Crippen LogP contribution is 2.29. The molecule has 7 N–H and O–H groups in total. The van der Waals surface area contributed by atoms with E-state index in [9.17, 15) is 19.2 Å². The van der Waals surface area contributed by atoms with Crippen molar-refractivity contribution in [3.05, 3.63) is 87.1 Å². The number of rotatable bonds is 9. The summed E-state index contributed by atoms with van der Waals surface area (Å²) in [5.74, 6) is -0.177. The Hall–Kier alpha value is -4.90. The molecule has 0 aliphatic heterocycles. The topological polar surface area (TPSA) is 171 Å². The van der Waals surface area contributed by atoms with E-state index in [1.54, 1.807) is 22.9 Å². The van der Waals surface area contributed by atoms with E-state index in [1.807, 2.05) is 56.3 Å². The van der Waals surface area contributed by atoms with Crippen LogP contribution in [0.3, 0.4) is 0 Å². The van der Waals surface area contributed by atoms with Crippen LogP contribution in [0.5, 0.6) is 0 Å². The lowest BCUT2D eigenvalue weighted by Crippen LogP contribution is -2.48. The number of aromatic nitrogens is 4. The molecule has 2 heterocycles. The number of amides is 2. The maximum absolute atomic E-state index is 13.6. The van der Waals surface area contributed by atoms with E-state index < -0.39 is 6.04 Å². The van der Waals surface area contributed by atoms with E-state index in [0.717, 1.165) is 47.9 Å². The first-order chi connectivity index (χ1) is 21.7. The summed E-state index contributed by atoms with van der Waals surface area (Å²) in [6, 6.07) is 17.9. The van der Waals surface area contributed by atoms with Crippen molar-refractivity contribution < 1.29 is 9.59 Å². The molecule has 1 aliphatic rings. The van der Waals surface area contributed by atoms with Crippen molar-refractivity contribution in [2.75, 3.05) is 11.9 Å². The van der Waals surface area contributed by atoms with Gasteiger partial charge in [-0.25, -0.2) is 9.48 Å². The molecule has 11 heteroatoms. The predicted molar refractivity (Wildman–Crippen MR) is 176 cm³/mol. The van der Waals surface area contributed by atoms with Gasteiger partial charge in [0.25, 0.3) is 5.56 Å². The van der Waals surface area contributed by atoms with Gasteiger partial charge in [-0.2, -0.15) is 0 Å². The SMILES string of the molecule is CC(C)n1[nH]c2cc(-c3ccc(C[C@H](NC(=O)C4CCC(CN)CC4)C(=O)Nc4ccc5[nH]c(=O)[nH]c5c4)cc3)ccc2c1=O. The van der Waals surface area contributed by atoms with Crippen LogP contribution in [0.1, 0.15) is 51.1 Å². The minimum atomic E-state index is -0.811. The number of hydrogen-bond acceptors (Lipinski definition) is 5. The number of imidazole rings is 1. The van der Waals surface area contributed by atoms with Gasteiger partial charge in [0.1, 0.15) is 6.04 Å².